The zero-order valence-electron chi connectivity index (χ0n) is 22.0. The van der Waals surface area contributed by atoms with Gasteiger partial charge in [-0.1, -0.05) is 18.2 Å². The number of aromatic nitrogens is 1. The van der Waals surface area contributed by atoms with Crippen LogP contribution in [0, 0.1) is 0 Å². The fourth-order valence-electron chi connectivity index (χ4n) is 3.89. The molecule has 40 heavy (non-hydrogen) atoms. The molecule has 1 aromatic heterocycles. The lowest BCUT2D eigenvalue weighted by atomic mass is 10.0. The topological polar surface area (TPSA) is 253 Å². The van der Waals surface area contributed by atoms with Crippen molar-refractivity contribution in [2.24, 2.45) is 17.2 Å². The van der Waals surface area contributed by atoms with Crippen molar-refractivity contribution in [3.05, 3.63) is 36.0 Å². The Labute approximate surface area is 234 Å². The summed E-state index contributed by atoms with van der Waals surface area (Å²) < 4.78 is 0. The normalized spacial score (nSPS) is 13.9. The molecule has 5 amide bonds. The van der Waals surface area contributed by atoms with Crippen molar-refractivity contribution in [3.8, 4) is 0 Å². The van der Waals surface area contributed by atoms with E-state index in [0.717, 1.165) is 10.9 Å². The van der Waals surface area contributed by atoms with E-state index in [1.165, 1.54) is 11.8 Å². The minimum absolute atomic E-state index is 0.0897. The van der Waals surface area contributed by atoms with Crippen molar-refractivity contribution in [2.75, 3.05) is 12.0 Å². The summed E-state index contributed by atoms with van der Waals surface area (Å²) in [5.41, 5.74) is 17.7. The van der Waals surface area contributed by atoms with E-state index in [1.807, 2.05) is 18.4 Å². The fourth-order valence-corrected chi connectivity index (χ4v) is 4.38. The average molecular weight is 578 g/mol. The maximum absolute atomic E-state index is 13.1. The van der Waals surface area contributed by atoms with Gasteiger partial charge in [0.05, 0.1) is 12.5 Å². The fraction of sp³-hybridized carbons (Fsp3) is 0.440. The van der Waals surface area contributed by atoms with Gasteiger partial charge >= 0.3 is 5.97 Å². The molecule has 0 saturated heterocycles. The van der Waals surface area contributed by atoms with Crippen LogP contribution in [0.2, 0.25) is 0 Å². The third-order valence-electron chi connectivity index (χ3n) is 6.03. The Morgan fingerprint density at radius 2 is 1.52 bits per heavy atom. The number of carbonyl (C=O) groups is 6. The SMILES string of the molecule is CSCCC(N)C(=O)NC(CCC(N)=O)C(=O)NC(CC(N)=O)C(=O)NC(Cc1c[nH]c2ccccc12)C(=O)O. The van der Waals surface area contributed by atoms with Crippen molar-refractivity contribution in [1.82, 2.24) is 20.9 Å². The third kappa shape index (κ3) is 9.89. The number of thioether (sulfide) groups is 1. The standard InChI is InChI=1S/C25H35N7O7S/c1-40-9-8-15(26)22(35)30-17(6-7-20(27)33)23(36)31-18(11-21(28)34)24(37)32-19(25(38)39)10-13-12-29-16-5-3-2-4-14(13)16/h2-5,12,15,17-19,29H,6-11,26H2,1H3,(H2,27,33)(H2,28,34)(H,30,35)(H,31,36)(H,32,37)(H,38,39). The van der Waals surface area contributed by atoms with Crippen molar-refractivity contribution < 1.29 is 33.9 Å². The number of nitrogens with one attached hydrogen (secondary N) is 4. The number of aromatic amines is 1. The van der Waals surface area contributed by atoms with E-state index in [2.05, 4.69) is 20.9 Å². The van der Waals surface area contributed by atoms with Crippen LogP contribution in [-0.4, -0.2) is 81.8 Å². The highest BCUT2D eigenvalue weighted by atomic mass is 32.2. The molecule has 15 heteroatoms. The Balaban J connectivity index is 2.18. The number of fused-ring (bicyclic) bond motifs is 1. The molecular formula is C25H35N7O7S. The van der Waals surface area contributed by atoms with E-state index < -0.39 is 66.1 Å². The molecule has 1 aromatic carbocycles. The number of para-hydroxylation sites is 1. The second kappa shape index (κ2) is 15.5. The van der Waals surface area contributed by atoms with Gasteiger partial charge in [-0.25, -0.2) is 4.79 Å². The first kappa shape index (κ1) is 32.1. The molecule has 11 N–H and O–H groups in total. The lowest BCUT2D eigenvalue weighted by molar-refractivity contribution is -0.142. The molecule has 4 unspecified atom stereocenters. The molecule has 0 aliphatic heterocycles. The quantitative estimate of drug-likeness (QED) is 0.108. The lowest BCUT2D eigenvalue weighted by Crippen LogP contribution is -2.58. The van der Waals surface area contributed by atoms with Crippen LogP contribution in [-0.2, 0) is 35.2 Å². The lowest BCUT2D eigenvalue weighted by Gasteiger charge is -2.24. The molecular weight excluding hydrogens is 542 g/mol. The molecule has 0 aliphatic carbocycles. The van der Waals surface area contributed by atoms with E-state index in [1.54, 1.807) is 18.3 Å². The van der Waals surface area contributed by atoms with Crippen LogP contribution in [0.15, 0.2) is 30.5 Å². The van der Waals surface area contributed by atoms with Gasteiger partial charge in [-0.05, 0) is 36.5 Å². The molecule has 0 saturated carbocycles. The number of H-pyrrole nitrogens is 1. The van der Waals surface area contributed by atoms with Crippen LogP contribution in [0.25, 0.3) is 10.9 Å². The highest BCUT2D eigenvalue weighted by molar-refractivity contribution is 7.98. The number of carbonyl (C=O) groups excluding carboxylic acids is 5. The minimum atomic E-state index is -1.56. The van der Waals surface area contributed by atoms with Crippen LogP contribution in [0.5, 0.6) is 0 Å². The number of carboxylic acid groups (broad SMARTS) is 1. The monoisotopic (exact) mass is 577 g/mol. The first-order chi connectivity index (χ1) is 18.9. The minimum Gasteiger partial charge on any atom is -0.480 e. The molecule has 2 aromatic rings. The maximum Gasteiger partial charge on any atom is 0.326 e. The largest absolute Gasteiger partial charge is 0.480 e. The van der Waals surface area contributed by atoms with Crippen molar-refractivity contribution in [3.63, 3.8) is 0 Å². The summed E-state index contributed by atoms with van der Waals surface area (Å²) in [6.45, 7) is 0. The molecule has 218 valence electrons. The number of nitrogens with two attached hydrogens (primary N) is 3. The molecule has 0 bridgehead atoms. The first-order valence-electron chi connectivity index (χ1n) is 12.4. The summed E-state index contributed by atoms with van der Waals surface area (Å²) in [5, 5.41) is 17.6. The van der Waals surface area contributed by atoms with Gasteiger partial charge in [0.25, 0.3) is 0 Å². The van der Waals surface area contributed by atoms with E-state index in [9.17, 15) is 33.9 Å². The van der Waals surface area contributed by atoms with Gasteiger partial charge < -0.3 is 43.2 Å². The predicted molar refractivity (Wildman–Crippen MR) is 149 cm³/mol. The van der Waals surface area contributed by atoms with E-state index in [4.69, 9.17) is 17.2 Å². The van der Waals surface area contributed by atoms with Crippen molar-refractivity contribution in [1.29, 1.82) is 0 Å². The number of amides is 5. The summed E-state index contributed by atoms with van der Waals surface area (Å²) in [5.74, 6) is -4.95. The molecule has 4 atom stereocenters. The van der Waals surface area contributed by atoms with Gasteiger partial charge in [-0.2, -0.15) is 11.8 Å². The van der Waals surface area contributed by atoms with Crippen LogP contribution in [0.1, 0.15) is 31.2 Å². The summed E-state index contributed by atoms with van der Waals surface area (Å²) in [6.07, 6.45) is 2.59. The zero-order chi connectivity index (χ0) is 29.8. The number of hydrogen-bond acceptors (Lipinski definition) is 8. The van der Waals surface area contributed by atoms with Gasteiger partial charge in [-0.15, -0.1) is 0 Å². The van der Waals surface area contributed by atoms with Crippen LogP contribution in [0.4, 0.5) is 0 Å². The van der Waals surface area contributed by atoms with Crippen molar-refractivity contribution in [2.45, 2.75) is 56.3 Å². The van der Waals surface area contributed by atoms with Crippen LogP contribution >= 0.6 is 11.8 Å². The van der Waals surface area contributed by atoms with E-state index >= 15 is 0 Å². The summed E-state index contributed by atoms with van der Waals surface area (Å²) in [6, 6.07) is 2.00. The van der Waals surface area contributed by atoms with E-state index in [0.29, 0.717) is 17.7 Å². The van der Waals surface area contributed by atoms with Crippen molar-refractivity contribution >= 4 is 58.2 Å². The number of primary amides is 2. The molecule has 0 spiro atoms. The second-order valence-electron chi connectivity index (χ2n) is 9.15. The smallest absolute Gasteiger partial charge is 0.326 e. The Kier molecular flexibility index (Phi) is 12.4. The number of aliphatic carboxylic acids is 1. The van der Waals surface area contributed by atoms with E-state index in [-0.39, 0.29) is 19.3 Å². The average Bonchev–Trinajstić information content (AvgIpc) is 3.30. The summed E-state index contributed by atoms with van der Waals surface area (Å²) in [4.78, 5) is 76.7. The highest BCUT2D eigenvalue weighted by Gasteiger charge is 2.31. The predicted octanol–water partition coefficient (Wildman–Crippen LogP) is -1.53. The van der Waals surface area contributed by atoms with Gasteiger partial charge in [0, 0.05) is 29.9 Å². The molecule has 14 nitrogen and oxygen atoms in total. The summed E-state index contributed by atoms with van der Waals surface area (Å²) >= 11 is 1.48. The van der Waals surface area contributed by atoms with Gasteiger partial charge in [-0.3, -0.25) is 24.0 Å². The third-order valence-corrected chi connectivity index (χ3v) is 6.68. The van der Waals surface area contributed by atoms with Gasteiger partial charge in [0.15, 0.2) is 0 Å². The Hall–Kier alpha value is -4.11. The van der Waals surface area contributed by atoms with Gasteiger partial charge in [0.1, 0.15) is 18.1 Å². The second-order valence-corrected chi connectivity index (χ2v) is 10.1. The molecule has 1 heterocycles. The Morgan fingerprint density at radius 1 is 0.900 bits per heavy atom. The number of carboxylic acids is 1. The highest BCUT2D eigenvalue weighted by Crippen LogP contribution is 2.19. The first-order valence-corrected chi connectivity index (χ1v) is 13.8. The van der Waals surface area contributed by atoms with Crippen LogP contribution < -0.4 is 33.2 Å². The summed E-state index contributed by atoms with van der Waals surface area (Å²) in [7, 11) is 0. The molecule has 0 radical (unpaired) electrons. The Morgan fingerprint density at radius 3 is 2.15 bits per heavy atom. The number of rotatable bonds is 17. The Bertz CT molecular complexity index is 1240. The zero-order valence-corrected chi connectivity index (χ0v) is 22.8. The molecule has 0 fully saturated rings. The number of benzene rings is 1. The number of hydrogen-bond donors (Lipinski definition) is 8. The molecule has 0 aliphatic rings. The maximum atomic E-state index is 13.1. The molecule has 2 rings (SSSR count). The van der Waals surface area contributed by atoms with Gasteiger partial charge in [0.2, 0.25) is 29.5 Å². The van der Waals surface area contributed by atoms with Crippen LogP contribution in [0.3, 0.4) is 0 Å².